The van der Waals surface area contributed by atoms with Gasteiger partial charge >= 0.3 is 0 Å². The fourth-order valence-electron chi connectivity index (χ4n) is 15.3. The zero-order valence-corrected chi connectivity index (χ0v) is 55.3. The van der Waals surface area contributed by atoms with Gasteiger partial charge in [-0.25, -0.2) is 0 Å². The molecular formula is C94H63N5S. The van der Waals surface area contributed by atoms with E-state index in [1.807, 2.05) is 11.3 Å². The molecule has 100 heavy (non-hydrogen) atoms. The predicted octanol–water partition coefficient (Wildman–Crippen LogP) is 26.5. The number of hydrogen-bond acceptors (Lipinski definition) is 3. The summed E-state index contributed by atoms with van der Waals surface area (Å²) in [5.41, 5.74) is 22.3. The fourth-order valence-corrected chi connectivity index (χ4v) is 16.4. The van der Waals surface area contributed by atoms with Crippen molar-refractivity contribution in [2.45, 2.75) is 0 Å². The number of nitrogens with zero attached hydrogens (tertiary/aromatic N) is 5. The van der Waals surface area contributed by atoms with E-state index < -0.39 is 0 Å². The van der Waals surface area contributed by atoms with Crippen LogP contribution >= 0.6 is 11.3 Å². The minimum atomic E-state index is 1.11. The number of anilines is 6. The van der Waals surface area contributed by atoms with Crippen LogP contribution in [0.1, 0.15) is 0 Å². The van der Waals surface area contributed by atoms with Crippen LogP contribution in [0.3, 0.4) is 0 Å². The average molecular weight is 1290 g/mol. The van der Waals surface area contributed by atoms with Crippen LogP contribution in [0.4, 0.5) is 34.1 Å². The van der Waals surface area contributed by atoms with Crippen molar-refractivity contribution in [3.8, 4) is 39.3 Å². The standard InChI is InChI=1S/C48H33N3.C46H30N2S/c1-3-13-36(14-4-1)49(40-31-32-48-44(33-40)43-19-9-12-22-47(43)50(48)37-15-5-2-6-16-37)38-27-23-34(24-28-38)35-25-29-39(30-26-35)51-45-20-10-7-17-41(45)42-18-8-11-21-46(42)51;1-2-12-37-33(10-1)11-9-18-42(37)47(36-28-29-46-41(30-36)40-15-5-8-19-45(40)49-46)34-24-20-31(21-25-34)32-22-26-35(27-23-32)48-43-16-6-3-13-38(43)39-14-4-7-17-44(39)48/h1-33H;1-30H. The van der Waals surface area contributed by atoms with E-state index in [0.29, 0.717) is 0 Å². The van der Waals surface area contributed by atoms with Gasteiger partial charge in [-0.2, -0.15) is 0 Å². The van der Waals surface area contributed by atoms with Gasteiger partial charge in [-0.05, 0) is 179 Å². The van der Waals surface area contributed by atoms with Gasteiger partial charge in [-0.1, -0.05) is 231 Å². The summed E-state index contributed by atoms with van der Waals surface area (Å²) in [6, 6.07) is 138. The maximum Gasteiger partial charge on any atom is 0.0542 e. The Balaban J connectivity index is 0.000000139. The third kappa shape index (κ3) is 10.1. The minimum absolute atomic E-state index is 1.11. The summed E-state index contributed by atoms with van der Waals surface area (Å²) >= 11 is 1.86. The molecule has 16 aromatic carbocycles. The van der Waals surface area contributed by atoms with Crippen LogP contribution in [0.5, 0.6) is 0 Å². The molecule has 20 rings (SSSR count). The van der Waals surface area contributed by atoms with E-state index in [0.717, 1.165) is 45.5 Å². The molecule has 0 atom stereocenters. The van der Waals surface area contributed by atoms with E-state index in [4.69, 9.17) is 0 Å². The molecule has 0 saturated heterocycles. The number of thiophene rings is 1. The van der Waals surface area contributed by atoms with Crippen LogP contribution in [0.2, 0.25) is 0 Å². The van der Waals surface area contributed by atoms with Gasteiger partial charge in [0.05, 0.1) is 38.8 Å². The van der Waals surface area contributed by atoms with Crippen molar-refractivity contribution in [2.24, 2.45) is 0 Å². The van der Waals surface area contributed by atoms with Crippen LogP contribution in [-0.2, 0) is 0 Å². The Labute approximate surface area is 583 Å². The Morgan fingerprint density at radius 1 is 0.190 bits per heavy atom. The molecule has 0 bridgehead atoms. The highest BCUT2D eigenvalue weighted by Gasteiger charge is 2.21. The van der Waals surface area contributed by atoms with Gasteiger partial charge in [0, 0.05) is 103 Å². The van der Waals surface area contributed by atoms with Crippen LogP contribution in [0.25, 0.3) is 136 Å². The Morgan fingerprint density at radius 3 is 1.04 bits per heavy atom. The number of hydrogen-bond donors (Lipinski definition) is 0. The molecule has 0 fully saturated rings. The first-order valence-electron chi connectivity index (χ1n) is 34.1. The van der Waals surface area contributed by atoms with Crippen molar-refractivity contribution in [3.63, 3.8) is 0 Å². The van der Waals surface area contributed by atoms with Crippen LogP contribution in [0.15, 0.2) is 382 Å². The molecule has 20 aromatic rings. The first kappa shape index (κ1) is 58.4. The van der Waals surface area contributed by atoms with E-state index in [1.165, 1.54) is 124 Å². The van der Waals surface area contributed by atoms with Gasteiger partial charge in [0.25, 0.3) is 0 Å². The quantitative estimate of drug-likeness (QED) is 0.129. The average Bonchev–Trinajstić information content (AvgIpc) is 1.59. The largest absolute Gasteiger partial charge is 0.310 e. The molecule has 470 valence electrons. The normalized spacial score (nSPS) is 11.6. The van der Waals surface area contributed by atoms with E-state index in [1.54, 1.807) is 0 Å². The molecule has 0 aliphatic heterocycles. The summed E-state index contributed by atoms with van der Waals surface area (Å²) in [5.74, 6) is 0. The molecule has 5 nitrogen and oxygen atoms in total. The zero-order valence-electron chi connectivity index (χ0n) is 54.5. The molecule has 0 unspecified atom stereocenters. The van der Waals surface area contributed by atoms with Crippen molar-refractivity contribution in [3.05, 3.63) is 382 Å². The highest BCUT2D eigenvalue weighted by atomic mass is 32.1. The monoisotopic (exact) mass is 1290 g/mol. The fraction of sp³-hybridized carbons (Fsp3) is 0. The molecule has 0 aliphatic carbocycles. The molecule has 0 saturated carbocycles. The third-order valence-electron chi connectivity index (χ3n) is 19.9. The molecular weight excluding hydrogens is 1230 g/mol. The van der Waals surface area contributed by atoms with E-state index in [9.17, 15) is 0 Å². The van der Waals surface area contributed by atoms with Crippen LogP contribution < -0.4 is 9.80 Å². The SMILES string of the molecule is c1ccc(N(c2ccc(-c3ccc(-n4c5ccccc5c5ccccc54)cc3)cc2)c2ccc3c(c2)c2ccccc2n3-c2ccccc2)cc1.c1ccc2c(N(c3ccc(-c4ccc(-n5c6ccccc6c6ccccc65)cc4)cc3)c3ccc4sc5ccccc5c4c3)cccc2c1. The number of benzene rings is 16. The van der Waals surface area contributed by atoms with Gasteiger partial charge in [0.2, 0.25) is 0 Å². The molecule has 0 radical (unpaired) electrons. The number of para-hydroxylation sites is 7. The lowest BCUT2D eigenvalue weighted by molar-refractivity contribution is 1.18. The van der Waals surface area contributed by atoms with Crippen LogP contribution in [-0.4, -0.2) is 13.7 Å². The lowest BCUT2D eigenvalue weighted by atomic mass is 10.0. The Morgan fingerprint density at radius 2 is 0.520 bits per heavy atom. The molecule has 4 heterocycles. The second-order valence-corrected chi connectivity index (χ2v) is 26.7. The molecule has 4 aromatic heterocycles. The number of aromatic nitrogens is 3. The summed E-state index contributed by atoms with van der Waals surface area (Å²) in [6.07, 6.45) is 0. The summed E-state index contributed by atoms with van der Waals surface area (Å²) in [7, 11) is 0. The third-order valence-corrected chi connectivity index (χ3v) is 21.0. The first-order chi connectivity index (χ1) is 49.6. The van der Waals surface area contributed by atoms with E-state index in [2.05, 4.69) is 406 Å². The van der Waals surface area contributed by atoms with Gasteiger partial charge in [-0.15, -0.1) is 11.3 Å². The number of rotatable bonds is 11. The Kier molecular flexibility index (Phi) is 14.3. The van der Waals surface area contributed by atoms with Crippen molar-refractivity contribution in [1.82, 2.24) is 13.7 Å². The molecule has 0 aliphatic rings. The molecule has 6 heteroatoms. The van der Waals surface area contributed by atoms with E-state index >= 15 is 0 Å². The smallest absolute Gasteiger partial charge is 0.0542 e. The lowest BCUT2D eigenvalue weighted by Crippen LogP contribution is -2.10. The van der Waals surface area contributed by atoms with Crippen molar-refractivity contribution < 1.29 is 0 Å². The van der Waals surface area contributed by atoms with Gasteiger partial charge in [0.1, 0.15) is 0 Å². The summed E-state index contributed by atoms with van der Waals surface area (Å²) in [5, 5.41) is 12.6. The van der Waals surface area contributed by atoms with Gasteiger partial charge < -0.3 is 23.5 Å². The van der Waals surface area contributed by atoms with Gasteiger partial charge in [-0.3, -0.25) is 0 Å². The zero-order chi connectivity index (χ0) is 66.0. The summed E-state index contributed by atoms with van der Waals surface area (Å²) in [4.78, 5) is 4.76. The topological polar surface area (TPSA) is 21.3 Å². The second-order valence-electron chi connectivity index (χ2n) is 25.6. The highest BCUT2D eigenvalue weighted by Crippen LogP contribution is 2.45. The second kappa shape index (κ2) is 24.6. The van der Waals surface area contributed by atoms with Crippen LogP contribution in [0, 0.1) is 0 Å². The minimum Gasteiger partial charge on any atom is -0.310 e. The maximum absolute atomic E-state index is 2.41. The first-order valence-corrected chi connectivity index (χ1v) is 34.9. The number of fused-ring (bicyclic) bond motifs is 13. The van der Waals surface area contributed by atoms with E-state index in [-0.39, 0.29) is 0 Å². The maximum atomic E-state index is 2.41. The highest BCUT2D eigenvalue weighted by molar-refractivity contribution is 7.25. The van der Waals surface area contributed by atoms with Gasteiger partial charge in [0.15, 0.2) is 0 Å². The Hall–Kier alpha value is -13.0. The van der Waals surface area contributed by atoms with Crippen molar-refractivity contribution >= 4 is 142 Å². The Bertz CT molecular complexity index is 6330. The summed E-state index contributed by atoms with van der Waals surface area (Å²) < 4.78 is 9.72. The molecule has 0 N–H and O–H groups in total. The molecule has 0 amide bonds. The van der Waals surface area contributed by atoms with Crippen molar-refractivity contribution in [1.29, 1.82) is 0 Å². The van der Waals surface area contributed by atoms with Crippen molar-refractivity contribution in [2.75, 3.05) is 9.80 Å². The summed E-state index contributed by atoms with van der Waals surface area (Å²) in [6.45, 7) is 0. The predicted molar refractivity (Wildman–Crippen MR) is 427 cm³/mol. The molecule has 0 spiro atoms. The lowest BCUT2D eigenvalue weighted by Gasteiger charge is -2.27.